The number of hydrogen-bond donors (Lipinski definition) is 3. The third kappa shape index (κ3) is 5.22. The van der Waals surface area contributed by atoms with Crippen LogP contribution in [-0.2, 0) is 21.4 Å². The summed E-state index contributed by atoms with van der Waals surface area (Å²) in [7, 11) is -0.744. The Morgan fingerprint density at radius 2 is 1.82 bits per heavy atom. The van der Waals surface area contributed by atoms with Gasteiger partial charge in [0.2, 0.25) is 15.9 Å². The number of halogens is 1. The molecule has 0 saturated heterocycles. The summed E-state index contributed by atoms with van der Waals surface area (Å²) in [6.45, 7) is -0.0996. The average Bonchev–Trinajstić information content (AvgIpc) is 2.65. The van der Waals surface area contributed by atoms with Crippen LogP contribution in [0.2, 0.25) is 5.02 Å². The van der Waals surface area contributed by atoms with Crippen LogP contribution in [0.15, 0.2) is 47.4 Å². The zero-order valence-corrected chi connectivity index (χ0v) is 17.0. The summed E-state index contributed by atoms with van der Waals surface area (Å²) < 4.78 is 25.9. The summed E-state index contributed by atoms with van der Waals surface area (Å²) in [4.78, 5) is 23.8. The molecule has 4 N–H and O–H groups in total. The molecule has 28 heavy (non-hydrogen) atoms. The largest absolute Gasteiger partial charge is 0.376 e. The number of carbonyl (C=O) groups is 2. The number of benzene rings is 2. The Hall–Kier alpha value is -2.62. The molecule has 0 aliphatic carbocycles. The number of hydrogen-bond acceptors (Lipinski definition) is 5. The fourth-order valence-corrected chi connectivity index (χ4v) is 3.69. The van der Waals surface area contributed by atoms with E-state index in [1.807, 2.05) is 0 Å². The topological polar surface area (TPSA) is 122 Å². The molecule has 0 radical (unpaired) electrons. The lowest BCUT2D eigenvalue weighted by molar-refractivity contribution is -0.119. The minimum atomic E-state index is -3.63. The highest BCUT2D eigenvalue weighted by Crippen LogP contribution is 2.20. The number of nitrogens with one attached hydrogen (secondary N) is 2. The van der Waals surface area contributed by atoms with E-state index in [9.17, 15) is 18.0 Å². The van der Waals surface area contributed by atoms with E-state index in [2.05, 4.69) is 10.6 Å². The van der Waals surface area contributed by atoms with E-state index in [0.717, 1.165) is 4.31 Å². The molecule has 0 spiro atoms. The van der Waals surface area contributed by atoms with E-state index < -0.39 is 15.9 Å². The molecule has 0 aromatic heterocycles. The van der Waals surface area contributed by atoms with Crippen molar-refractivity contribution in [3.8, 4) is 0 Å². The molecule has 0 fully saturated rings. The molecule has 0 atom stereocenters. The number of amides is 2. The normalized spacial score (nSPS) is 11.3. The quantitative estimate of drug-likeness (QED) is 0.591. The zero-order valence-electron chi connectivity index (χ0n) is 15.4. The van der Waals surface area contributed by atoms with Crippen molar-refractivity contribution in [2.24, 2.45) is 5.73 Å². The Kier molecular flexibility index (Phi) is 7.00. The van der Waals surface area contributed by atoms with Crippen molar-refractivity contribution in [3.63, 3.8) is 0 Å². The fraction of sp³-hybridized carbons (Fsp3) is 0.222. The lowest BCUT2D eigenvalue weighted by Gasteiger charge is -2.16. The second kappa shape index (κ2) is 9.05. The molecule has 0 aliphatic rings. The molecule has 2 aromatic carbocycles. The van der Waals surface area contributed by atoms with Crippen LogP contribution in [0.3, 0.4) is 0 Å². The summed E-state index contributed by atoms with van der Waals surface area (Å²) >= 11 is 5.85. The standard InChI is InChI=1S/C18H21ClN4O4S/c1-23(2)28(26,27)16-6-4-3-5-12(16)10-22-17(24)11-21-15-8-7-13(19)9-14(15)18(20)25/h3-9,21H,10-11H2,1-2H3,(H2,20,25)(H,22,24). The highest BCUT2D eigenvalue weighted by Gasteiger charge is 2.20. The molecule has 8 nitrogen and oxygen atoms in total. The molecule has 0 unspecified atom stereocenters. The van der Waals surface area contributed by atoms with Gasteiger partial charge in [-0.15, -0.1) is 0 Å². The first-order valence-corrected chi connectivity index (χ1v) is 10.0. The number of rotatable bonds is 8. The fourth-order valence-electron chi connectivity index (χ4n) is 2.40. The molecule has 2 rings (SSSR count). The Bertz CT molecular complexity index is 993. The average molecular weight is 425 g/mol. The van der Waals surface area contributed by atoms with Gasteiger partial charge < -0.3 is 16.4 Å². The van der Waals surface area contributed by atoms with E-state index in [4.69, 9.17) is 17.3 Å². The monoisotopic (exact) mass is 424 g/mol. The summed E-state index contributed by atoms with van der Waals surface area (Å²) in [5.41, 5.74) is 6.32. The van der Waals surface area contributed by atoms with Gasteiger partial charge >= 0.3 is 0 Å². The van der Waals surface area contributed by atoms with Crippen molar-refractivity contribution in [3.05, 3.63) is 58.6 Å². The summed E-state index contributed by atoms with van der Waals surface area (Å²) in [6, 6.07) is 11.0. The van der Waals surface area contributed by atoms with Gasteiger partial charge in [0.1, 0.15) is 0 Å². The van der Waals surface area contributed by atoms with Crippen molar-refractivity contribution < 1.29 is 18.0 Å². The maximum absolute atomic E-state index is 12.4. The summed E-state index contributed by atoms with van der Waals surface area (Å²) in [5, 5.41) is 5.83. The minimum absolute atomic E-state index is 0.0348. The highest BCUT2D eigenvalue weighted by atomic mass is 35.5. The highest BCUT2D eigenvalue weighted by molar-refractivity contribution is 7.89. The second-order valence-corrected chi connectivity index (χ2v) is 8.64. The number of anilines is 1. The lowest BCUT2D eigenvalue weighted by atomic mass is 10.1. The third-order valence-corrected chi connectivity index (χ3v) is 6.04. The summed E-state index contributed by atoms with van der Waals surface area (Å²) in [5.74, 6) is -1.06. The van der Waals surface area contributed by atoms with Gasteiger partial charge in [-0.3, -0.25) is 9.59 Å². The Morgan fingerprint density at radius 1 is 1.14 bits per heavy atom. The molecule has 0 heterocycles. The van der Waals surface area contributed by atoms with Gasteiger partial charge in [-0.2, -0.15) is 0 Å². The number of carbonyl (C=O) groups excluding carboxylic acids is 2. The van der Waals surface area contributed by atoms with Gasteiger partial charge in [-0.25, -0.2) is 12.7 Å². The van der Waals surface area contributed by atoms with Crippen molar-refractivity contribution in [1.29, 1.82) is 0 Å². The first-order valence-electron chi connectivity index (χ1n) is 8.23. The summed E-state index contributed by atoms with van der Waals surface area (Å²) in [6.07, 6.45) is 0. The van der Waals surface area contributed by atoms with Gasteiger partial charge in [-0.05, 0) is 29.8 Å². The van der Waals surface area contributed by atoms with E-state index in [1.165, 1.54) is 26.2 Å². The van der Waals surface area contributed by atoms with Crippen LogP contribution in [-0.4, -0.2) is 45.2 Å². The Morgan fingerprint density at radius 3 is 2.46 bits per heavy atom. The first kappa shape index (κ1) is 21.7. The molecular formula is C18H21ClN4O4S. The van der Waals surface area contributed by atoms with Gasteiger partial charge in [0.25, 0.3) is 5.91 Å². The molecular weight excluding hydrogens is 404 g/mol. The van der Waals surface area contributed by atoms with Crippen LogP contribution in [0.5, 0.6) is 0 Å². The van der Waals surface area contributed by atoms with Crippen LogP contribution in [0, 0.1) is 0 Å². The lowest BCUT2D eigenvalue weighted by Crippen LogP contribution is -2.31. The van der Waals surface area contributed by atoms with Crippen LogP contribution in [0.4, 0.5) is 5.69 Å². The second-order valence-electron chi connectivity index (χ2n) is 6.08. The maximum atomic E-state index is 12.4. The number of sulfonamides is 1. The predicted molar refractivity (Wildman–Crippen MR) is 108 cm³/mol. The van der Waals surface area contributed by atoms with Crippen molar-refractivity contribution >= 4 is 39.1 Å². The smallest absolute Gasteiger partial charge is 0.250 e. The van der Waals surface area contributed by atoms with Gasteiger partial charge in [0, 0.05) is 31.4 Å². The molecule has 0 saturated carbocycles. The van der Waals surface area contributed by atoms with Crippen LogP contribution in [0.1, 0.15) is 15.9 Å². The van der Waals surface area contributed by atoms with Crippen molar-refractivity contribution in [1.82, 2.24) is 9.62 Å². The number of nitrogens with zero attached hydrogens (tertiary/aromatic N) is 1. The van der Waals surface area contributed by atoms with E-state index in [1.54, 1.807) is 30.3 Å². The third-order valence-electron chi connectivity index (χ3n) is 3.89. The van der Waals surface area contributed by atoms with E-state index in [-0.39, 0.29) is 29.5 Å². The van der Waals surface area contributed by atoms with Gasteiger partial charge in [0.15, 0.2) is 0 Å². The number of nitrogens with two attached hydrogens (primary N) is 1. The van der Waals surface area contributed by atoms with Gasteiger partial charge in [0.05, 0.1) is 17.0 Å². The SMILES string of the molecule is CN(C)S(=O)(=O)c1ccccc1CNC(=O)CNc1ccc(Cl)cc1C(N)=O. The maximum Gasteiger partial charge on any atom is 0.250 e. The van der Waals surface area contributed by atoms with Gasteiger partial charge in [-0.1, -0.05) is 29.8 Å². The molecule has 150 valence electrons. The Labute approximate surface area is 168 Å². The molecule has 0 bridgehead atoms. The number of primary amides is 1. The zero-order chi connectivity index (χ0) is 20.9. The van der Waals surface area contributed by atoms with E-state index in [0.29, 0.717) is 16.3 Å². The van der Waals surface area contributed by atoms with Crippen molar-refractivity contribution in [2.45, 2.75) is 11.4 Å². The van der Waals surface area contributed by atoms with Crippen molar-refractivity contribution in [2.75, 3.05) is 26.0 Å². The van der Waals surface area contributed by atoms with Crippen LogP contribution < -0.4 is 16.4 Å². The van der Waals surface area contributed by atoms with Crippen LogP contribution >= 0.6 is 11.6 Å². The first-order chi connectivity index (χ1) is 13.1. The molecule has 2 amide bonds. The Balaban J connectivity index is 2.04. The minimum Gasteiger partial charge on any atom is -0.376 e. The predicted octanol–water partition coefficient (Wildman–Crippen LogP) is 1.42. The van der Waals surface area contributed by atoms with E-state index >= 15 is 0 Å². The van der Waals surface area contributed by atoms with Crippen LogP contribution in [0.25, 0.3) is 0 Å². The molecule has 0 aliphatic heterocycles. The molecule has 2 aromatic rings. The molecule has 10 heteroatoms.